The molecule has 0 atom stereocenters. The largest absolute Gasteiger partial charge is 0.360 e. The Morgan fingerprint density at radius 1 is 0.957 bits per heavy atom. The maximum absolute atomic E-state index is 4.66. The molecular formula is C19H16N4. The first-order valence-corrected chi connectivity index (χ1v) is 7.53. The molecule has 23 heavy (non-hydrogen) atoms. The number of nitrogens with zero attached hydrogens (tertiary/aromatic N) is 2. The van der Waals surface area contributed by atoms with Crippen molar-refractivity contribution in [1.29, 1.82) is 0 Å². The van der Waals surface area contributed by atoms with E-state index >= 15 is 0 Å². The fourth-order valence-corrected chi connectivity index (χ4v) is 2.69. The Morgan fingerprint density at radius 3 is 2.70 bits per heavy atom. The van der Waals surface area contributed by atoms with Gasteiger partial charge in [-0.05, 0) is 30.7 Å². The fourth-order valence-electron chi connectivity index (χ4n) is 2.69. The van der Waals surface area contributed by atoms with E-state index < -0.39 is 0 Å². The third-order valence-corrected chi connectivity index (χ3v) is 3.91. The average Bonchev–Trinajstić information content (AvgIpc) is 3.01. The predicted octanol–water partition coefficient (Wildman–Crippen LogP) is 4.68. The van der Waals surface area contributed by atoms with Crippen LogP contribution in [0.5, 0.6) is 0 Å². The first-order valence-electron chi connectivity index (χ1n) is 7.53. The molecule has 2 heterocycles. The maximum atomic E-state index is 4.66. The molecule has 112 valence electrons. The smallest absolute Gasteiger partial charge is 0.227 e. The molecule has 0 amide bonds. The molecule has 0 unspecified atom stereocenters. The van der Waals surface area contributed by atoms with E-state index in [1.165, 1.54) is 0 Å². The van der Waals surface area contributed by atoms with Crippen LogP contribution in [0.4, 0.5) is 11.6 Å². The molecule has 0 fully saturated rings. The summed E-state index contributed by atoms with van der Waals surface area (Å²) in [5.41, 5.74) is 5.26. The molecule has 0 saturated carbocycles. The summed E-state index contributed by atoms with van der Waals surface area (Å²) >= 11 is 0. The molecule has 4 heteroatoms. The third-order valence-electron chi connectivity index (χ3n) is 3.91. The van der Waals surface area contributed by atoms with Crippen LogP contribution in [0.2, 0.25) is 0 Å². The van der Waals surface area contributed by atoms with E-state index in [4.69, 9.17) is 0 Å². The second kappa shape index (κ2) is 5.57. The topological polar surface area (TPSA) is 53.6 Å². The van der Waals surface area contributed by atoms with E-state index in [0.717, 1.165) is 33.4 Å². The zero-order valence-electron chi connectivity index (χ0n) is 12.7. The quantitative estimate of drug-likeness (QED) is 0.577. The van der Waals surface area contributed by atoms with E-state index in [1.54, 1.807) is 6.20 Å². The zero-order chi connectivity index (χ0) is 15.6. The molecule has 2 aromatic carbocycles. The number of rotatable bonds is 3. The van der Waals surface area contributed by atoms with Crippen LogP contribution in [-0.4, -0.2) is 15.0 Å². The van der Waals surface area contributed by atoms with Crippen molar-refractivity contribution in [3.8, 4) is 11.3 Å². The number of hydrogen-bond donors (Lipinski definition) is 2. The number of hydrogen-bond acceptors (Lipinski definition) is 3. The standard InChI is InChI=1S/C19H16N4/c1-13-6-2-4-8-16(13)22-19-20-11-10-18(23-19)15-12-21-17-9-5-3-7-14(15)17/h2-12,21H,1H3,(H,20,22,23). The number of aryl methyl sites for hydroxylation is 1. The minimum Gasteiger partial charge on any atom is -0.360 e. The lowest BCUT2D eigenvalue weighted by molar-refractivity contribution is 1.17. The third kappa shape index (κ3) is 2.55. The molecule has 4 rings (SSSR count). The summed E-state index contributed by atoms with van der Waals surface area (Å²) in [4.78, 5) is 12.3. The average molecular weight is 300 g/mol. The molecule has 0 aliphatic carbocycles. The number of benzene rings is 2. The van der Waals surface area contributed by atoms with Gasteiger partial charge in [-0.3, -0.25) is 0 Å². The summed E-state index contributed by atoms with van der Waals surface area (Å²) in [6.07, 6.45) is 3.77. The van der Waals surface area contributed by atoms with Gasteiger partial charge in [0.1, 0.15) is 0 Å². The van der Waals surface area contributed by atoms with E-state index in [0.29, 0.717) is 5.95 Å². The molecule has 0 bridgehead atoms. The molecule has 2 aromatic heterocycles. The molecule has 0 spiro atoms. The van der Waals surface area contributed by atoms with Crippen LogP contribution in [0.15, 0.2) is 67.0 Å². The molecule has 0 radical (unpaired) electrons. The van der Waals surface area contributed by atoms with Crippen molar-refractivity contribution in [2.45, 2.75) is 6.92 Å². The summed E-state index contributed by atoms with van der Waals surface area (Å²) in [6.45, 7) is 2.06. The minimum atomic E-state index is 0.599. The summed E-state index contributed by atoms with van der Waals surface area (Å²) in [5.74, 6) is 0.599. The highest BCUT2D eigenvalue weighted by Crippen LogP contribution is 2.27. The lowest BCUT2D eigenvalue weighted by Gasteiger charge is -2.08. The van der Waals surface area contributed by atoms with Crippen molar-refractivity contribution < 1.29 is 0 Å². The molecule has 0 aliphatic heterocycles. The molecule has 4 nitrogen and oxygen atoms in total. The van der Waals surface area contributed by atoms with Crippen LogP contribution in [0.1, 0.15) is 5.56 Å². The van der Waals surface area contributed by atoms with Crippen LogP contribution in [0, 0.1) is 6.92 Å². The van der Waals surface area contributed by atoms with E-state index in [2.05, 4.69) is 45.4 Å². The Morgan fingerprint density at radius 2 is 1.78 bits per heavy atom. The molecular weight excluding hydrogens is 284 g/mol. The molecule has 2 N–H and O–H groups in total. The SMILES string of the molecule is Cc1ccccc1Nc1nccc(-c2c[nH]c3ccccc23)n1. The predicted molar refractivity (Wildman–Crippen MR) is 93.8 cm³/mol. The van der Waals surface area contributed by atoms with Crippen molar-refractivity contribution in [1.82, 2.24) is 15.0 Å². The van der Waals surface area contributed by atoms with Gasteiger partial charge in [-0.15, -0.1) is 0 Å². The number of aromatic nitrogens is 3. The van der Waals surface area contributed by atoms with Gasteiger partial charge in [-0.1, -0.05) is 36.4 Å². The Kier molecular flexibility index (Phi) is 3.27. The summed E-state index contributed by atoms with van der Waals surface area (Å²) in [6, 6.07) is 18.2. The molecule has 0 aliphatic rings. The number of aromatic amines is 1. The number of nitrogens with one attached hydrogen (secondary N) is 2. The van der Waals surface area contributed by atoms with Crippen molar-refractivity contribution in [3.05, 3.63) is 72.6 Å². The Balaban J connectivity index is 1.73. The van der Waals surface area contributed by atoms with Crippen LogP contribution in [-0.2, 0) is 0 Å². The van der Waals surface area contributed by atoms with E-state index in [9.17, 15) is 0 Å². The molecule has 0 saturated heterocycles. The van der Waals surface area contributed by atoms with Gasteiger partial charge in [0.2, 0.25) is 5.95 Å². The zero-order valence-corrected chi connectivity index (χ0v) is 12.7. The Hall–Kier alpha value is -3.14. The van der Waals surface area contributed by atoms with Gasteiger partial charge in [0.25, 0.3) is 0 Å². The highest BCUT2D eigenvalue weighted by molar-refractivity contribution is 5.94. The first kappa shape index (κ1) is 13.5. The Bertz CT molecular complexity index is 972. The highest BCUT2D eigenvalue weighted by Gasteiger charge is 2.08. The minimum absolute atomic E-state index is 0.599. The summed E-state index contributed by atoms with van der Waals surface area (Å²) in [7, 11) is 0. The van der Waals surface area contributed by atoms with Crippen LogP contribution in [0.3, 0.4) is 0 Å². The normalized spacial score (nSPS) is 10.8. The Labute approximate surface area is 134 Å². The van der Waals surface area contributed by atoms with Gasteiger partial charge in [-0.2, -0.15) is 0 Å². The number of anilines is 2. The van der Waals surface area contributed by atoms with E-state index in [-0.39, 0.29) is 0 Å². The lowest BCUT2D eigenvalue weighted by atomic mass is 10.1. The van der Waals surface area contributed by atoms with Crippen LogP contribution in [0.25, 0.3) is 22.2 Å². The second-order valence-electron chi connectivity index (χ2n) is 5.45. The highest BCUT2D eigenvalue weighted by atomic mass is 15.1. The van der Waals surface area contributed by atoms with E-state index in [1.807, 2.05) is 42.6 Å². The number of fused-ring (bicyclic) bond motifs is 1. The van der Waals surface area contributed by atoms with Crippen LogP contribution < -0.4 is 5.32 Å². The second-order valence-corrected chi connectivity index (χ2v) is 5.45. The fraction of sp³-hybridized carbons (Fsp3) is 0.0526. The van der Waals surface area contributed by atoms with Crippen LogP contribution >= 0.6 is 0 Å². The maximum Gasteiger partial charge on any atom is 0.227 e. The molecule has 4 aromatic rings. The first-order chi connectivity index (χ1) is 11.3. The van der Waals surface area contributed by atoms with Gasteiger partial charge >= 0.3 is 0 Å². The summed E-state index contributed by atoms with van der Waals surface area (Å²) in [5, 5.41) is 4.45. The monoisotopic (exact) mass is 300 g/mol. The van der Waals surface area contributed by atoms with Gasteiger partial charge in [0.05, 0.1) is 5.69 Å². The number of para-hydroxylation sites is 2. The van der Waals surface area contributed by atoms with Crippen molar-refractivity contribution in [3.63, 3.8) is 0 Å². The number of H-pyrrole nitrogens is 1. The van der Waals surface area contributed by atoms with Gasteiger partial charge < -0.3 is 10.3 Å². The summed E-state index contributed by atoms with van der Waals surface area (Å²) < 4.78 is 0. The van der Waals surface area contributed by atoms with Gasteiger partial charge in [-0.25, -0.2) is 9.97 Å². The lowest BCUT2D eigenvalue weighted by Crippen LogP contribution is -1.99. The van der Waals surface area contributed by atoms with Crippen molar-refractivity contribution in [2.75, 3.05) is 5.32 Å². The van der Waals surface area contributed by atoms with Crippen molar-refractivity contribution in [2.24, 2.45) is 0 Å². The van der Waals surface area contributed by atoms with Crippen molar-refractivity contribution >= 4 is 22.5 Å². The van der Waals surface area contributed by atoms with Gasteiger partial charge in [0, 0.05) is 34.5 Å². The van der Waals surface area contributed by atoms with Gasteiger partial charge in [0.15, 0.2) is 0 Å².